The van der Waals surface area contributed by atoms with Crippen molar-refractivity contribution in [3.8, 4) is 11.3 Å². The number of benzene rings is 2. The molecule has 0 spiro atoms. The molecule has 0 bridgehead atoms. The molecule has 1 fully saturated rings. The summed E-state index contributed by atoms with van der Waals surface area (Å²) >= 11 is 0. The third-order valence-electron chi connectivity index (χ3n) is 5.25. The molecule has 24 heavy (non-hydrogen) atoms. The molecule has 2 nitrogen and oxygen atoms in total. The van der Waals surface area contributed by atoms with Crippen LogP contribution in [-0.2, 0) is 6.42 Å². The molecular weight excluding hydrogens is 292 g/mol. The highest BCUT2D eigenvalue weighted by Crippen LogP contribution is 2.31. The Morgan fingerprint density at radius 2 is 1.79 bits per heavy atom. The van der Waals surface area contributed by atoms with E-state index in [1.54, 1.807) is 0 Å². The minimum atomic E-state index is 1.12. The predicted octanol–water partition coefficient (Wildman–Crippen LogP) is 5.17. The van der Waals surface area contributed by atoms with E-state index in [4.69, 9.17) is 0 Å². The molecule has 2 aromatic carbocycles. The highest BCUT2D eigenvalue weighted by molar-refractivity contribution is 5.90. The first-order valence-corrected chi connectivity index (χ1v) is 9.20. The zero-order chi connectivity index (χ0) is 16.4. The number of hydrogen-bond donors (Lipinski definition) is 1. The van der Waals surface area contributed by atoms with Gasteiger partial charge in [-0.3, -0.25) is 0 Å². The zero-order valence-electron chi connectivity index (χ0n) is 14.5. The Balaban J connectivity index is 1.70. The van der Waals surface area contributed by atoms with Gasteiger partial charge >= 0.3 is 0 Å². The highest BCUT2D eigenvalue weighted by Gasteiger charge is 2.15. The van der Waals surface area contributed by atoms with Crippen molar-refractivity contribution in [1.82, 2.24) is 9.88 Å². The van der Waals surface area contributed by atoms with Crippen LogP contribution in [-0.4, -0.2) is 29.5 Å². The topological polar surface area (TPSA) is 19.0 Å². The number of nitrogens with one attached hydrogen (secondary N) is 1. The molecule has 2 heteroatoms. The average molecular weight is 318 g/mol. The monoisotopic (exact) mass is 318 g/mol. The summed E-state index contributed by atoms with van der Waals surface area (Å²) in [7, 11) is 0. The fourth-order valence-corrected chi connectivity index (χ4v) is 3.96. The lowest BCUT2D eigenvalue weighted by atomic mass is 10.0. The highest BCUT2D eigenvalue weighted by atomic mass is 15.1. The van der Waals surface area contributed by atoms with Crippen LogP contribution in [0.2, 0.25) is 0 Å². The van der Waals surface area contributed by atoms with Gasteiger partial charge in [0.15, 0.2) is 0 Å². The van der Waals surface area contributed by atoms with Crippen LogP contribution in [0.15, 0.2) is 48.5 Å². The van der Waals surface area contributed by atoms with E-state index in [2.05, 4.69) is 65.3 Å². The predicted molar refractivity (Wildman–Crippen MR) is 102 cm³/mol. The number of rotatable bonds is 4. The van der Waals surface area contributed by atoms with Crippen molar-refractivity contribution in [2.24, 2.45) is 0 Å². The molecule has 0 atom stereocenters. The lowest BCUT2D eigenvalue weighted by Crippen LogP contribution is -2.31. The number of aromatic nitrogens is 1. The molecule has 1 aromatic heterocycles. The van der Waals surface area contributed by atoms with Crippen LogP contribution < -0.4 is 0 Å². The molecule has 3 aromatic rings. The van der Waals surface area contributed by atoms with E-state index in [9.17, 15) is 0 Å². The Hall–Kier alpha value is -2.06. The van der Waals surface area contributed by atoms with Crippen molar-refractivity contribution in [1.29, 1.82) is 0 Å². The summed E-state index contributed by atoms with van der Waals surface area (Å²) in [5.41, 5.74) is 6.65. The molecule has 2 heterocycles. The summed E-state index contributed by atoms with van der Waals surface area (Å²) in [5.74, 6) is 0. The lowest BCUT2D eigenvalue weighted by Gasteiger charge is -2.26. The minimum Gasteiger partial charge on any atom is -0.354 e. The van der Waals surface area contributed by atoms with Crippen molar-refractivity contribution in [2.75, 3.05) is 19.6 Å². The van der Waals surface area contributed by atoms with Crippen LogP contribution in [0.5, 0.6) is 0 Å². The number of aryl methyl sites for hydroxylation is 1. The van der Waals surface area contributed by atoms with E-state index < -0.39 is 0 Å². The van der Waals surface area contributed by atoms with Crippen LogP contribution in [0, 0.1) is 6.92 Å². The van der Waals surface area contributed by atoms with E-state index in [1.165, 1.54) is 72.2 Å². The number of nitrogens with zero attached hydrogens (tertiary/aromatic N) is 1. The van der Waals surface area contributed by atoms with Gasteiger partial charge in [-0.25, -0.2) is 0 Å². The molecule has 4 rings (SSSR count). The molecule has 1 N–H and O–H groups in total. The second-order valence-electron chi connectivity index (χ2n) is 7.05. The first kappa shape index (κ1) is 15.5. The fraction of sp³-hybridized carbons (Fsp3) is 0.364. The molecule has 1 aliphatic rings. The molecule has 0 saturated carbocycles. The maximum atomic E-state index is 3.68. The first-order chi connectivity index (χ1) is 11.8. The van der Waals surface area contributed by atoms with Crippen molar-refractivity contribution >= 4 is 10.9 Å². The van der Waals surface area contributed by atoms with Crippen LogP contribution >= 0.6 is 0 Å². The van der Waals surface area contributed by atoms with Gasteiger partial charge in [-0.1, -0.05) is 48.4 Å². The van der Waals surface area contributed by atoms with Crippen LogP contribution in [0.3, 0.4) is 0 Å². The largest absolute Gasteiger partial charge is 0.354 e. The standard InChI is InChI=1S/C22H26N2/c1-17-8-7-9-18(16-17)22-20(12-15-24-13-5-2-6-14-24)19-10-3-4-11-21(19)23-22/h3-4,7-11,16,23H,2,5-6,12-15H2,1H3. The van der Waals surface area contributed by atoms with Crippen LogP contribution in [0.1, 0.15) is 30.4 Å². The maximum absolute atomic E-state index is 3.68. The Morgan fingerprint density at radius 1 is 0.958 bits per heavy atom. The molecule has 1 saturated heterocycles. The number of hydrogen-bond acceptors (Lipinski definition) is 1. The van der Waals surface area contributed by atoms with Gasteiger partial charge in [0.1, 0.15) is 0 Å². The zero-order valence-corrected chi connectivity index (χ0v) is 14.5. The SMILES string of the molecule is Cc1cccc(-c2[nH]c3ccccc3c2CCN2CCCCC2)c1. The van der Waals surface area contributed by atoms with Crippen LogP contribution in [0.4, 0.5) is 0 Å². The quantitative estimate of drug-likeness (QED) is 0.703. The van der Waals surface area contributed by atoms with Crippen LogP contribution in [0.25, 0.3) is 22.2 Å². The van der Waals surface area contributed by atoms with Crippen molar-refractivity contribution in [3.63, 3.8) is 0 Å². The number of likely N-dealkylation sites (tertiary alicyclic amines) is 1. The Labute approximate surface area is 144 Å². The molecule has 0 aliphatic carbocycles. The first-order valence-electron chi connectivity index (χ1n) is 9.20. The van der Waals surface area contributed by atoms with Crippen molar-refractivity contribution in [2.45, 2.75) is 32.6 Å². The van der Waals surface area contributed by atoms with Gasteiger partial charge in [0.05, 0.1) is 0 Å². The van der Waals surface area contributed by atoms with Crippen molar-refractivity contribution < 1.29 is 0 Å². The van der Waals surface area contributed by atoms with Gasteiger partial charge in [-0.05, 0) is 62.5 Å². The van der Waals surface area contributed by atoms with Gasteiger partial charge < -0.3 is 9.88 Å². The number of aromatic amines is 1. The van der Waals surface area contributed by atoms with E-state index in [0.29, 0.717) is 0 Å². The van der Waals surface area contributed by atoms with Gasteiger partial charge in [0.2, 0.25) is 0 Å². The molecule has 0 amide bonds. The second-order valence-corrected chi connectivity index (χ2v) is 7.05. The summed E-state index contributed by atoms with van der Waals surface area (Å²) in [6, 6.07) is 17.6. The van der Waals surface area contributed by atoms with Gasteiger partial charge in [-0.2, -0.15) is 0 Å². The third-order valence-corrected chi connectivity index (χ3v) is 5.25. The summed E-state index contributed by atoms with van der Waals surface area (Å²) in [5, 5.41) is 1.38. The summed E-state index contributed by atoms with van der Waals surface area (Å²) < 4.78 is 0. The smallest absolute Gasteiger partial charge is 0.0497 e. The second kappa shape index (κ2) is 6.82. The molecule has 0 unspecified atom stereocenters. The number of para-hydroxylation sites is 1. The Kier molecular flexibility index (Phi) is 4.40. The normalized spacial score (nSPS) is 15.9. The number of fused-ring (bicyclic) bond motifs is 1. The number of H-pyrrole nitrogens is 1. The van der Waals surface area contributed by atoms with E-state index in [-0.39, 0.29) is 0 Å². The molecule has 1 aliphatic heterocycles. The molecular formula is C22H26N2. The summed E-state index contributed by atoms with van der Waals surface area (Å²) in [6.07, 6.45) is 5.24. The molecule has 0 radical (unpaired) electrons. The minimum absolute atomic E-state index is 1.12. The summed E-state index contributed by atoms with van der Waals surface area (Å²) in [6.45, 7) is 5.87. The average Bonchev–Trinajstić information content (AvgIpc) is 2.99. The number of piperidine rings is 1. The lowest BCUT2D eigenvalue weighted by molar-refractivity contribution is 0.232. The summed E-state index contributed by atoms with van der Waals surface area (Å²) in [4.78, 5) is 6.31. The van der Waals surface area contributed by atoms with Crippen molar-refractivity contribution in [3.05, 3.63) is 59.7 Å². The fourth-order valence-electron chi connectivity index (χ4n) is 3.96. The Morgan fingerprint density at radius 3 is 2.62 bits per heavy atom. The van der Waals surface area contributed by atoms with E-state index >= 15 is 0 Å². The van der Waals surface area contributed by atoms with Gasteiger partial charge in [0.25, 0.3) is 0 Å². The van der Waals surface area contributed by atoms with Gasteiger partial charge in [0, 0.05) is 23.1 Å². The molecule has 124 valence electrons. The Bertz CT molecular complexity index is 825. The maximum Gasteiger partial charge on any atom is 0.0497 e. The van der Waals surface area contributed by atoms with E-state index in [1.807, 2.05) is 0 Å². The third kappa shape index (κ3) is 3.11. The van der Waals surface area contributed by atoms with E-state index in [0.717, 1.165) is 6.42 Å². The van der Waals surface area contributed by atoms with Gasteiger partial charge in [-0.15, -0.1) is 0 Å².